The predicted molar refractivity (Wildman–Crippen MR) is 44.5 cm³/mol. The molecular formula is C9H11NO2. The molecule has 0 saturated heterocycles. The summed E-state index contributed by atoms with van der Waals surface area (Å²) >= 11 is 0. The van der Waals surface area contributed by atoms with Gasteiger partial charge in [-0.15, -0.1) is 0 Å². The Morgan fingerprint density at radius 2 is 2.50 bits per heavy atom. The maximum Gasteiger partial charge on any atom is 0.352 e. The number of aromatic nitrogens is 1. The monoisotopic (exact) mass is 165 g/mol. The molecule has 64 valence electrons. The van der Waals surface area contributed by atoms with Crippen LogP contribution in [0.15, 0.2) is 6.07 Å². The lowest BCUT2D eigenvalue weighted by molar-refractivity contribution is 0.0691. The van der Waals surface area contributed by atoms with Crippen LogP contribution in [-0.4, -0.2) is 16.1 Å². The maximum atomic E-state index is 10.6. The van der Waals surface area contributed by atoms with Crippen molar-refractivity contribution in [2.45, 2.75) is 25.7 Å². The highest BCUT2D eigenvalue weighted by molar-refractivity contribution is 5.86. The Hall–Kier alpha value is -1.25. The number of aromatic carboxylic acids is 1. The van der Waals surface area contributed by atoms with E-state index in [0.29, 0.717) is 11.6 Å². The smallest absolute Gasteiger partial charge is 0.352 e. The van der Waals surface area contributed by atoms with E-state index in [9.17, 15) is 4.79 Å². The van der Waals surface area contributed by atoms with Crippen LogP contribution in [0.25, 0.3) is 0 Å². The first-order valence-electron chi connectivity index (χ1n) is 4.13. The average Bonchev–Trinajstić information content (AvgIpc) is 2.53. The van der Waals surface area contributed by atoms with Gasteiger partial charge in [-0.3, -0.25) is 0 Å². The fraction of sp³-hybridized carbons (Fsp3) is 0.444. The third-order valence-electron chi connectivity index (χ3n) is 2.50. The molecule has 0 fully saturated rings. The van der Waals surface area contributed by atoms with Crippen molar-refractivity contribution in [3.63, 3.8) is 0 Å². The van der Waals surface area contributed by atoms with Crippen LogP contribution in [0.4, 0.5) is 0 Å². The first kappa shape index (κ1) is 7.40. The lowest BCUT2D eigenvalue weighted by atomic mass is 10.1. The van der Waals surface area contributed by atoms with Gasteiger partial charge in [0.15, 0.2) is 0 Å². The molecular weight excluding hydrogens is 154 g/mol. The quantitative estimate of drug-likeness (QED) is 0.666. The van der Waals surface area contributed by atoms with Crippen LogP contribution in [0, 0.1) is 0 Å². The Morgan fingerprint density at radius 3 is 3.08 bits per heavy atom. The van der Waals surface area contributed by atoms with Gasteiger partial charge in [0.1, 0.15) is 5.69 Å². The lowest BCUT2D eigenvalue weighted by Gasteiger charge is -1.98. The van der Waals surface area contributed by atoms with E-state index in [1.165, 1.54) is 5.56 Å². The van der Waals surface area contributed by atoms with Crippen molar-refractivity contribution in [1.29, 1.82) is 0 Å². The van der Waals surface area contributed by atoms with E-state index in [0.717, 1.165) is 18.5 Å². The van der Waals surface area contributed by atoms with Crippen LogP contribution in [0.2, 0.25) is 0 Å². The molecule has 0 radical (unpaired) electrons. The Bertz CT molecular complexity index is 327. The van der Waals surface area contributed by atoms with E-state index >= 15 is 0 Å². The molecule has 3 heteroatoms. The number of carboxylic acid groups (broad SMARTS) is 1. The van der Waals surface area contributed by atoms with Crippen molar-refractivity contribution in [1.82, 2.24) is 4.98 Å². The summed E-state index contributed by atoms with van der Waals surface area (Å²) in [6, 6.07) is 1.75. The number of hydrogen-bond donors (Lipinski definition) is 2. The summed E-state index contributed by atoms with van der Waals surface area (Å²) in [5, 5.41) is 8.70. The standard InChI is InChI=1S/C9H11NO2/c1-5-2-3-6-4-7(9(11)12)10-8(5)6/h4-5,10H,2-3H2,1H3,(H,11,12)/t5-/m1/s1. The van der Waals surface area contributed by atoms with Gasteiger partial charge in [-0.25, -0.2) is 4.79 Å². The number of H-pyrrole nitrogens is 1. The molecule has 1 atom stereocenters. The van der Waals surface area contributed by atoms with E-state index in [1.54, 1.807) is 6.07 Å². The number of aromatic amines is 1. The molecule has 2 N–H and O–H groups in total. The highest BCUT2D eigenvalue weighted by Gasteiger charge is 2.22. The number of aryl methyl sites for hydroxylation is 1. The molecule has 1 aliphatic carbocycles. The minimum absolute atomic E-state index is 0.326. The van der Waals surface area contributed by atoms with Gasteiger partial charge in [0.25, 0.3) is 0 Å². The molecule has 1 aliphatic rings. The van der Waals surface area contributed by atoms with Gasteiger partial charge in [-0.2, -0.15) is 0 Å². The van der Waals surface area contributed by atoms with Gasteiger partial charge in [-0.05, 0) is 30.4 Å². The van der Waals surface area contributed by atoms with Crippen LogP contribution in [-0.2, 0) is 6.42 Å². The number of nitrogens with one attached hydrogen (secondary N) is 1. The third kappa shape index (κ3) is 0.932. The van der Waals surface area contributed by atoms with Crippen LogP contribution in [0.1, 0.15) is 41.0 Å². The minimum atomic E-state index is -0.864. The number of fused-ring (bicyclic) bond motifs is 1. The van der Waals surface area contributed by atoms with Crippen LogP contribution >= 0.6 is 0 Å². The lowest BCUT2D eigenvalue weighted by Crippen LogP contribution is -1.97. The van der Waals surface area contributed by atoms with Crippen molar-refractivity contribution in [2.24, 2.45) is 0 Å². The van der Waals surface area contributed by atoms with Crippen molar-refractivity contribution < 1.29 is 9.90 Å². The van der Waals surface area contributed by atoms with Crippen molar-refractivity contribution in [3.8, 4) is 0 Å². The fourth-order valence-corrected chi connectivity index (χ4v) is 1.79. The zero-order chi connectivity index (χ0) is 8.72. The molecule has 1 heterocycles. The Balaban J connectivity index is 2.43. The van der Waals surface area contributed by atoms with E-state index in [2.05, 4.69) is 11.9 Å². The van der Waals surface area contributed by atoms with Crippen LogP contribution in [0.5, 0.6) is 0 Å². The van der Waals surface area contributed by atoms with E-state index in [1.807, 2.05) is 0 Å². The second-order valence-corrected chi connectivity index (χ2v) is 3.37. The van der Waals surface area contributed by atoms with Gasteiger partial charge in [0, 0.05) is 5.69 Å². The Morgan fingerprint density at radius 1 is 1.75 bits per heavy atom. The number of rotatable bonds is 1. The second kappa shape index (κ2) is 2.37. The van der Waals surface area contributed by atoms with Crippen molar-refractivity contribution in [2.75, 3.05) is 0 Å². The van der Waals surface area contributed by atoms with E-state index < -0.39 is 5.97 Å². The molecule has 0 saturated carbocycles. The zero-order valence-corrected chi connectivity index (χ0v) is 6.92. The highest BCUT2D eigenvalue weighted by atomic mass is 16.4. The molecule has 0 spiro atoms. The summed E-state index contributed by atoms with van der Waals surface area (Å²) < 4.78 is 0. The number of carbonyl (C=O) groups is 1. The van der Waals surface area contributed by atoms with Gasteiger partial charge >= 0.3 is 5.97 Å². The first-order valence-corrected chi connectivity index (χ1v) is 4.13. The summed E-state index contributed by atoms with van der Waals surface area (Å²) in [6.45, 7) is 2.12. The van der Waals surface area contributed by atoms with E-state index in [4.69, 9.17) is 5.11 Å². The Labute approximate surface area is 70.4 Å². The molecule has 3 nitrogen and oxygen atoms in total. The average molecular weight is 165 g/mol. The normalized spacial score (nSPS) is 20.9. The predicted octanol–water partition coefficient (Wildman–Crippen LogP) is 1.76. The first-order chi connectivity index (χ1) is 5.68. The topological polar surface area (TPSA) is 53.1 Å². The largest absolute Gasteiger partial charge is 0.477 e. The summed E-state index contributed by atoms with van der Waals surface area (Å²) in [5.41, 5.74) is 2.62. The summed E-state index contributed by atoms with van der Waals surface area (Å²) in [4.78, 5) is 13.5. The molecule has 2 rings (SSSR count). The highest BCUT2D eigenvalue weighted by Crippen LogP contribution is 2.32. The Kier molecular flexibility index (Phi) is 1.46. The van der Waals surface area contributed by atoms with Gasteiger partial charge < -0.3 is 10.1 Å². The second-order valence-electron chi connectivity index (χ2n) is 3.37. The van der Waals surface area contributed by atoms with Crippen molar-refractivity contribution >= 4 is 5.97 Å². The molecule has 1 aromatic heterocycles. The van der Waals surface area contributed by atoms with Gasteiger partial charge in [0.2, 0.25) is 0 Å². The van der Waals surface area contributed by atoms with Gasteiger partial charge in [-0.1, -0.05) is 6.92 Å². The molecule has 12 heavy (non-hydrogen) atoms. The minimum Gasteiger partial charge on any atom is -0.477 e. The van der Waals surface area contributed by atoms with Crippen LogP contribution in [0.3, 0.4) is 0 Å². The summed E-state index contributed by atoms with van der Waals surface area (Å²) in [7, 11) is 0. The SMILES string of the molecule is C[C@@H]1CCc2cc(C(=O)O)[nH]c21. The molecule has 0 aliphatic heterocycles. The summed E-state index contributed by atoms with van der Waals surface area (Å²) in [6.07, 6.45) is 2.15. The molecule has 0 bridgehead atoms. The van der Waals surface area contributed by atoms with Crippen LogP contribution < -0.4 is 0 Å². The fourth-order valence-electron chi connectivity index (χ4n) is 1.79. The number of hydrogen-bond acceptors (Lipinski definition) is 1. The zero-order valence-electron chi connectivity index (χ0n) is 6.92. The maximum absolute atomic E-state index is 10.6. The molecule has 1 aromatic rings. The van der Waals surface area contributed by atoms with Crippen molar-refractivity contribution in [3.05, 3.63) is 23.0 Å². The molecule has 0 aromatic carbocycles. The third-order valence-corrected chi connectivity index (χ3v) is 2.50. The molecule has 0 amide bonds. The van der Waals surface area contributed by atoms with Gasteiger partial charge in [0.05, 0.1) is 0 Å². The molecule has 0 unspecified atom stereocenters. The summed E-state index contributed by atoms with van der Waals surface area (Å²) in [5.74, 6) is -0.371. The van der Waals surface area contributed by atoms with E-state index in [-0.39, 0.29) is 0 Å². The number of carboxylic acids is 1.